The Balaban J connectivity index is 2.80. The molecule has 1 unspecified atom stereocenters. The summed E-state index contributed by atoms with van der Waals surface area (Å²) in [6.07, 6.45) is 8.78. The summed E-state index contributed by atoms with van der Waals surface area (Å²) in [5, 5.41) is 0. The molecule has 0 saturated carbocycles. The van der Waals surface area contributed by atoms with Gasteiger partial charge in [0, 0.05) is 1.37 Å². The molecule has 0 heteroatoms. The van der Waals surface area contributed by atoms with E-state index in [1.165, 1.54) is 38.5 Å². The van der Waals surface area contributed by atoms with Crippen molar-refractivity contribution in [2.45, 2.75) is 58.3 Å². The number of hydrogen-bond donors (Lipinski definition) is 0. The molecule has 0 saturated heterocycles. The molecule has 10 heavy (non-hydrogen) atoms. The Hall–Kier alpha value is 0. The van der Waals surface area contributed by atoms with E-state index in [2.05, 4.69) is 13.8 Å². The van der Waals surface area contributed by atoms with E-state index in [-0.39, 0.29) is 6.40 Å². The van der Waals surface area contributed by atoms with Crippen LogP contribution in [0.5, 0.6) is 0 Å². The average Bonchev–Trinajstić information content (AvgIpc) is 1.96. The molecular formula is C10H21. The van der Waals surface area contributed by atoms with Gasteiger partial charge in [-0.25, -0.2) is 0 Å². The van der Waals surface area contributed by atoms with Crippen molar-refractivity contribution in [1.82, 2.24) is 0 Å². The zero-order valence-electron chi connectivity index (χ0n) is 8.23. The van der Waals surface area contributed by atoms with Crippen LogP contribution in [0.4, 0.5) is 0 Å². The van der Waals surface area contributed by atoms with Gasteiger partial charge in [-0.3, -0.25) is 0 Å². The third-order valence-corrected chi connectivity index (χ3v) is 1.76. The maximum absolute atomic E-state index is 7.18. The smallest absolute Gasteiger partial charge is 0.0267 e. The van der Waals surface area contributed by atoms with E-state index in [9.17, 15) is 0 Å². The second kappa shape index (κ2) is 9.00. The summed E-state index contributed by atoms with van der Waals surface area (Å²) < 4.78 is 7.18. The van der Waals surface area contributed by atoms with Gasteiger partial charge in [-0.2, -0.15) is 0 Å². The summed E-state index contributed by atoms with van der Waals surface area (Å²) in [6.45, 7) is 5.87. The Labute approximate surface area is 67.4 Å². The van der Waals surface area contributed by atoms with Crippen LogP contribution < -0.4 is 0 Å². The molecule has 0 aliphatic heterocycles. The van der Waals surface area contributed by atoms with Crippen molar-refractivity contribution < 1.29 is 1.37 Å². The largest absolute Gasteiger partial charge is 0.0654 e. The third-order valence-electron chi connectivity index (χ3n) is 1.76. The Morgan fingerprint density at radius 2 is 1.50 bits per heavy atom. The molecule has 0 spiro atoms. The van der Waals surface area contributed by atoms with E-state index in [1.807, 2.05) is 0 Å². The number of unbranched alkanes of at least 4 members (excludes halogenated alkanes) is 5. The summed E-state index contributed by atoms with van der Waals surface area (Å²) in [4.78, 5) is 0. The summed E-state index contributed by atoms with van der Waals surface area (Å²) in [7, 11) is 0. The van der Waals surface area contributed by atoms with Crippen molar-refractivity contribution in [3.63, 3.8) is 0 Å². The molecule has 0 fully saturated rings. The van der Waals surface area contributed by atoms with E-state index in [1.54, 1.807) is 0 Å². The topological polar surface area (TPSA) is 0 Å². The summed E-state index contributed by atoms with van der Waals surface area (Å²) >= 11 is 0. The lowest BCUT2D eigenvalue weighted by atomic mass is 10.1. The highest BCUT2D eigenvalue weighted by Gasteiger charge is 1.87. The zero-order chi connectivity index (χ0) is 8.53. The van der Waals surface area contributed by atoms with E-state index < -0.39 is 0 Å². The fourth-order valence-corrected chi connectivity index (χ4v) is 1.07. The highest BCUT2D eigenvalue weighted by molar-refractivity contribution is 4.45. The lowest BCUT2D eigenvalue weighted by molar-refractivity contribution is 0.592. The first-order valence-corrected chi connectivity index (χ1v) is 4.52. The van der Waals surface area contributed by atoms with Gasteiger partial charge >= 0.3 is 0 Å². The van der Waals surface area contributed by atoms with Gasteiger partial charge in [-0.1, -0.05) is 65.2 Å². The molecule has 0 aliphatic carbocycles. The Morgan fingerprint density at radius 1 is 1.00 bits per heavy atom. The first-order valence-electron chi connectivity index (χ1n) is 5.10. The fraction of sp³-hybridized carbons (Fsp3) is 0.900. The van der Waals surface area contributed by atoms with Gasteiger partial charge in [0.25, 0.3) is 0 Å². The van der Waals surface area contributed by atoms with Gasteiger partial charge in [-0.05, 0) is 0 Å². The van der Waals surface area contributed by atoms with Crippen LogP contribution in [-0.4, -0.2) is 0 Å². The van der Waals surface area contributed by atoms with Gasteiger partial charge in [-0.15, -0.1) is 0 Å². The second-order valence-corrected chi connectivity index (χ2v) is 2.85. The van der Waals surface area contributed by atoms with Crippen molar-refractivity contribution in [2.24, 2.45) is 0 Å². The molecule has 1 atom stereocenters. The molecule has 0 nitrogen and oxygen atoms in total. The van der Waals surface area contributed by atoms with Gasteiger partial charge in [0.15, 0.2) is 0 Å². The number of rotatable bonds is 7. The molecule has 0 rings (SSSR count). The highest BCUT2D eigenvalue weighted by atomic mass is 13.9. The fourth-order valence-electron chi connectivity index (χ4n) is 1.07. The highest BCUT2D eigenvalue weighted by Crippen LogP contribution is 2.07. The predicted molar refractivity (Wildman–Crippen MR) is 48.0 cm³/mol. The van der Waals surface area contributed by atoms with Crippen molar-refractivity contribution >= 4 is 0 Å². The Bertz CT molecular complexity index is 69.3. The molecular weight excluding hydrogens is 120 g/mol. The SMILES string of the molecule is [2H]C([CH2])CCCCCCCC. The van der Waals surface area contributed by atoms with Gasteiger partial charge in [0.05, 0.1) is 0 Å². The van der Waals surface area contributed by atoms with Crippen molar-refractivity contribution in [3.8, 4) is 0 Å². The zero-order valence-corrected chi connectivity index (χ0v) is 7.23. The lowest BCUT2D eigenvalue weighted by Gasteiger charge is -1.97. The van der Waals surface area contributed by atoms with Crippen molar-refractivity contribution in [1.29, 1.82) is 0 Å². The Morgan fingerprint density at radius 3 is 2.00 bits per heavy atom. The molecule has 0 aliphatic rings. The minimum Gasteiger partial charge on any atom is -0.0654 e. The molecule has 0 aromatic carbocycles. The molecule has 61 valence electrons. The van der Waals surface area contributed by atoms with Crippen LogP contribution in [0.15, 0.2) is 0 Å². The number of hydrogen-bond acceptors (Lipinski definition) is 0. The third kappa shape index (κ3) is 8.00. The van der Waals surface area contributed by atoms with Gasteiger partial charge < -0.3 is 0 Å². The van der Waals surface area contributed by atoms with E-state index in [4.69, 9.17) is 1.37 Å². The van der Waals surface area contributed by atoms with Gasteiger partial charge in [0.1, 0.15) is 0 Å². The van der Waals surface area contributed by atoms with Crippen LogP contribution in [-0.2, 0) is 0 Å². The average molecular weight is 142 g/mol. The molecule has 0 heterocycles. The molecule has 1 radical (unpaired) electrons. The van der Waals surface area contributed by atoms with E-state index >= 15 is 0 Å². The Kier molecular flexibility index (Phi) is 7.29. The van der Waals surface area contributed by atoms with E-state index in [0.29, 0.717) is 0 Å². The molecule has 0 aromatic heterocycles. The maximum Gasteiger partial charge on any atom is 0.0267 e. The predicted octanol–water partition coefficient (Wildman–Crippen LogP) is 3.96. The van der Waals surface area contributed by atoms with E-state index in [0.717, 1.165) is 6.42 Å². The van der Waals surface area contributed by atoms with Gasteiger partial charge in [0.2, 0.25) is 0 Å². The molecule has 0 aromatic rings. The van der Waals surface area contributed by atoms with Crippen LogP contribution in [0.1, 0.15) is 59.6 Å². The van der Waals surface area contributed by atoms with Crippen LogP contribution >= 0.6 is 0 Å². The summed E-state index contributed by atoms with van der Waals surface area (Å²) in [6, 6.07) is 0. The van der Waals surface area contributed by atoms with Crippen molar-refractivity contribution in [2.75, 3.05) is 0 Å². The van der Waals surface area contributed by atoms with Crippen LogP contribution in [0.3, 0.4) is 0 Å². The first-order chi connectivity index (χ1) is 5.27. The first kappa shape index (κ1) is 8.10. The standard InChI is InChI=1S/C10H21/c1-3-5-7-9-10-8-6-4-2/h1,3-10H2,2H3/i3D. The lowest BCUT2D eigenvalue weighted by Crippen LogP contribution is -1.77. The van der Waals surface area contributed by atoms with Crippen LogP contribution in [0, 0.1) is 6.92 Å². The normalized spacial score (nSPS) is 14.8. The molecule has 0 amide bonds. The van der Waals surface area contributed by atoms with Crippen molar-refractivity contribution in [3.05, 3.63) is 6.92 Å². The second-order valence-electron chi connectivity index (χ2n) is 2.85. The summed E-state index contributed by atoms with van der Waals surface area (Å²) in [5.74, 6) is 0. The maximum atomic E-state index is 7.18. The van der Waals surface area contributed by atoms with Crippen LogP contribution in [0.2, 0.25) is 0 Å². The minimum atomic E-state index is -0.0961. The monoisotopic (exact) mass is 142 g/mol. The van der Waals surface area contributed by atoms with Crippen LogP contribution in [0.25, 0.3) is 0 Å². The quantitative estimate of drug-likeness (QED) is 0.472. The molecule has 0 bridgehead atoms. The minimum absolute atomic E-state index is 0.0961. The molecule has 0 N–H and O–H groups in total. The summed E-state index contributed by atoms with van der Waals surface area (Å²) in [5.41, 5.74) is 0.